The van der Waals surface area contributed by atoms with E-state index in [0.29, 0.717) is 25.7 Å². The minimum atomic E-state index is -3.88. The zero-order chi connectivity index (χ0) is 25.9. The molecule has 1 heterocycles. The predicted molar refractivity (Wildman–Crippen MR) is 136 cm³/mol. The van der Waals surface area contributed by atoms with Gasteiger partial charge in [-0.2, -0.15) is 0 Å². The van der Waals surface area contributed by atoms with Gasteiger partial charge < -0.3 is 5.32 Å². The molecule has 1 aromatic heterocycles. The summed E-state index contributed by atoms with van der Waals surface area (Å²) in [5.41, 5.74) is 3.69. The molecule has 4 rings (SSSR count). The molecule has 1 aliphatic rings. The van der Waals surface area contributed by atoms with Crippen LogP contribution in [-0.2, 0) is 14.8 Å². The van der Waals surface area contributed by atoms with Crippen molar-refractivity contribution in [2.75, 3.05) is 0 Å². The molecule has 1 atom stereocenters. The molecular formula is C27H31FN4O3S. The Bertz CT molecular complexity index is 1310. The first kappa shape index (κ1) is 25.9. The third kappa shape index (κ3) is 5.64. The van der Waals surface area contributed by atoms with Crippen LogP contribution in [0.2, 0.25) is 0 Å². The van der Waals surface area contributed by atoms with Crippen molar-refractivity contribution >= 4 is 15.9 Å². The van der Waals surface area contributed by atoms with Gasteiger partial charge in [0.15, 0.2) is 0 Å². The van der Waals surface area contributed by atoms with Crippen molar-refractivity contribution in [2.24, 2.45) is 11.8 Å². The summed E-state index contributed by atoms with van der Waals surface area (Å²) in [6.07, 6.45) is 5.53. The molecule has 9 heteroatoms. The van der Waals surface area contributed by atoms with Gasteiger partial charge in [-0.15, -0.1) is 4.41 Å². The van der Waals surface area contributed by atoms with Crippen LogP contribution in [0.3, 0.4) is 0 Å². The fraction of sp³-hybridized carbons (Fsp3) is 0.333. The topological polar surface area (TPSA) is 105 Å². The Labute approximate surface area is 211 Å². The quantitative estimate of drug-likeness (QED) is 0.360. The monoisotopic (exact) mass is 510 g/mol. The van der Waals surface area contributed by atoms with Gasteiger partial charge in [0.25, 0.3) is 10.0 Å². The summed E-state index contributed by atoms with van der Waals surface area (Å²) in [6.45, 7) is 3.83. The number of sulfonamides is 1. The summed E-state index contributed by atoms with van der Waals surface area (Å²) in [5, 5.41) is 2.98. The number of aromatic nitrogens is 1. The fourth-order valence-electron chi connectivity index (χ4n) is 4.65. The highest BCUT2D eigenvalue weighted by atomic mass is 32.2. The van der Waals surface area contributed by atoms with Crippen LogP contribution in [0.15, 0.2) is 71.9 Å². The maximum absolute atomic E-state index is 13.2. The van der Waals surface area contributed by atoms with Gasteiger partial charge in [0.2, 0.25) is 5.91 Å². The smallest absolute Gasteiger partial charge is 0.255 e. The second kappa shape index (κ2) is 10.9. The summed E-state index contributed by atoms with van der Waals surface area (Å²) in [5.74, 6) is 5.50. The molecule has 3 aromatic rings. The first-order valence-corrected chi connectivity index (χ1v) is 13.5. The zero-order valence-corrected chi connectivity index (χ0v) is 21.2. The lowest BCUT2D eigenvalue weighted by atomic mass is 9.85. The predicted octanol–water partition coefficient (Wildman–Crippen LogP) is 4.50. The van der Waals surface area contributed by atoms with Crippen molar-refractivity contribution in [2.45, 2.75) is 56.5 Å². The molecule has 36 heavy (non-hydrogen) atoms. The van der Waals surface area contributed by atoms with Crippen LogP contribution in [-0.4, -0.2) is 29.8 Å². The van der Waals surface area contributed by atoms with Crippen molar-refractivity contribution in [1.29, 1.82) is 0 Å². The van der Waals surface area contributed by atoms with Crippen LogP contribution >= 0.6 is 0 Å². The summed E-state index contributed by atoms with van der Waals surface area (Å²) in [7, 11) is -3.88. The van der Waals surface area contributed by atoms with Gasteiger partial charge in [0.1, 0.15) is 5.82 Å². The Hall–Kier alpha value is -3.14. The van der Waals surface area contributed by atoms with E-state index < -0.39 is 10.0 Å². The van der Waals surface area contributed by atoms with E-state index in [0.717, 1.165) is 26.7 Å². The lowest BCUT2D eigenvalue weighted by molar-refractivity contribution is -0.126. The number of nitrogens with two attached hydrogens (primary N) is 1. The second-order valence-electron chi connectivity index (χ2n) is 9.34. The van der Waals surface area contributed by atoms with Crippen molar-refractivity contribution in [3.63, 3.8) is 0 Å². The maximum Gasteiger partial charge on any atom is 0.255 e. The summed E-state index contributed by atoms with van der Waals surface area (Å²) >= 11 is 0. The van der Waals surface area contributed by atoms with E-state index in [1.807, 2.05) is 19.9 Å². The molecule has 0 radical (unpaired) electrons. The Morgan fingerprint density at radius 2 is 1.69 bits per heavy atom. The third-order valence-corrected chi connectivity index (χ3v) is 8.66. The summed E-state index contributed by atoms with van der Waals surface area (Å²) < 4.78 is 40.4. The molecule has 1 amide bonds. The molecule has 190 valence electrons. The second-order valence-corrected chi connectivity index (χ2v) is 11.2. The molecule has 0 saturated heterocycles. The summed E-state index contributed by atoms with van der Waals surface area (Å²) in [4.78, 5) is 17.0. The van der Waals surface area contributed by atoms with Crippen LogP contribution in [0.25, 0.3) is 11.1 Å². The van der Waals surface area contributed by atoms with Gasteiger partial charge in [-0.05, 0) is 86.6 Å². The average molecular weight is 511 g/mol. The van der Waals surface area contributed by atoms with E-state index in [2.05, 4.69) is 10.3 Å². The molecule has 1 fully saturated rings. The van der Waals surface area contributed by atoms with Crippen LogP contribution in [0, 0.1) is 18.7 Å². The van der Waals surface area contributed by atoms with Gasteiger partial charge in [-0.3, -0.25) is 15.6 Å². The minimum absolute atomic E-state index is 0.0852. The van der Waals surface area contributed by atoms with E-state index >= 15 is 0 Å². The summed E-state index contributed by atoms with van der Waals surface area (Å²) in [6, 6.07) is 14.0. The Morgan fingerprint density at radius 1 is 1.06 bits per heavy atom. The van der Waals surface area contributed by atoms with Gasteiger partial charge in [0, 0.05) is 29.9 Å². The van der Waals surface area contributed by atoms with Crippen LogP contribution in [0.4, 0.5) is 4.39 Å². The fourth-order valence-corrected chi connectivity index (χ4v) is 5.98. The van der Waals surface area contributed by atoms with Crippen molar-refractivity contribution in [3.8, 4) is 11.1 Å². The van der Waals surface area contributed by atoms with Crippen LogP contribution in [0.5, 0.6) is 0 Å². The van der Waals surface area contributed by atoms with E-state index in [4.69, 9.17) is 5.84 Å². The van der Waals surface area contributed by atoms with E-state index in [-0.39, 0.29) is 34.6 Å². The largest absolute Gasteiger partial charge is 0.349 e. The van der Waals surface area contributed by atoms with Gasteiger partial charge in [0.05, 0.1) is 10.9 Å². The first-order valence-electron chi connectivity index (χ1n) is 12.0. The molecule has 2 aromatic carbocycles. The minimum Gasteiger partial charge on any atom is -0.349 e. The Kier molecular flexibility index (Phi) is 7.82. The van der Waals surface area contributed by atoms with Crippen LogP contribution < -0.4 is 11.2 Å². The van der Waals surface area contributed by atoms with E-state index in [9.17, 15) is 17.6 Å². The maximum atomic E-state index is 13.2. The molecule has 0 bridgehead atoms. The number of benzene rings is 2. The average Bonchev–Trinajstić information content (AvgIpc) is 2.89. The van der Waals surface area contributed by atoms with Crippen molar-refractivity contribution < 1.29 is 17.6 Å². The number of nitrogens with one attached hydrogen (secondary N) is 1. The van der Waals surface area contributed by atoms with Gasteiger partial charge >= 0.3 is 0 Å². The normalized spacial score (nSPS) is 19.1. The van der Waals surface area contributed by atoms with Crippen LogP contribution in [0.1, 0.15) is 49.8 Å². The molecule has 7 nitrogen and oxygen atoms in total. The zero-order valence-electron chi connectivity index (χ0n) is 20.4. The number of rotatable bonds is 7. The van der Waals surface area contributed by atoms with E-state index in [1.165, 1.54) is 12.1 Å². The van der Waals surface area contributed by atoms with Crippen molar-refractivity contribution in [3.05, 3.63) is 83.9 Å². The van der Waals surface area contributed by atoms with E-state index in [1.54, 1.807) is 48.8 Å². The number of hydrogen-bond acceptors (Lipinski definition) is 5. The number of carbonyl (C=O) groups is 1. The number of nitrogens with zero attached hydrogens (tertiary/aromatic N) is 2. The standard InChI is InChI=1S/C27H31FN4O3S/c1-18-15-16-30-17-26(18)21-7-13-25(14-8-21)36(34,35)32(29)24-11-5-22(6-12-24)27(33)31-19(2)20-3-9-23(28)10-4-20/h3-4,7-10,13-17,19,22,24H,5-6,11-12,29H2,1-2H3,(H,31,33)/t19-,22-,24-/m1/s1. The molecule has 1 aliphatic carbocycles. The molecule has 1 saturated carbocycles. The van der Waals surface area contributed by atoms with Gasteiger partial charge in [-0.25, -0.2) is 12.8 Å². The lowest BCUT2D eigenvalue weighted by Gasteiger charge is -2.33. The highest BCUT2D eigenvalue weighted by Gasteiger charge is 2.34. The molecule has 3 N–H and O–H groups in total. The highest BCUT2D eigenvalue weighted by Crippen LogP contribution is 2.31. The number of halogens is 1. The van der Waals surface area contributed by atoms with Crippen molar-refractivity contribution in [1.82, 2.24) is 14.7 Å². The first-order chi connectivity index (χ1) is 17.2. The number of hydrogen-bond donors (Lipinski definition) is 2. The van der Waals surface area contributed by atoms with Gasteiger partial charge in [-0.1, -0.05) is 24.3 Å². The lowest BCUT2D eigenvalue weighted by Crippen LogP contribution is -2.48. The SMILES string of the molecule is Cc1ccncc1-c1ccc(S(=O)(=O)N(N)[C@H]2CC[C@H](C(=O)N[C@H](C)c3ccc(F)cc3)CC2)cc1. The number of carbonyl (C=O) groups excluding carboxylic acids is 1. The number of pyridine rings is 1. The molecule has 0 spiro atoms. The third-order valence-electron chi connectivity index (χ3n) is 6.94. The number of aryl methyl sites for hydroxylation is 1. The number of hydrazine groups is 1. The molecule has 0 unspecified atom stereocenters. The highest BCUT2D eigenvalue weighted by molar-refractivity contribution is 7.89. The Morgan fingerprint density at radius 3 is 2.31 bits per heavy atom. The Balaban J connectivity index is 1.35. The molecule has 0 aliphatic heterocycles. The molecular weight excluding hydrogens is 479 g/mol. The number of amides is 1.